The average Bonchev–Trinajstić information content (AvgIpc) is 3.39. The Kier molecular flexibility index (Phi) is 7.87. The van der Waals surface area contributed by atoms with Crippen molar-refractivity contribution in [1.29, 1.82) is 0 Å². The van der Waals surface area contributed by atoms with Crippen molar-refractivity contribution in [3.05, 3.63) is 81.7 Å². The van der Waals surface area contributed by atoms with Gasteiger partial charge in [0.05, 0.1) is 11.2 Å². The standard InChI is InChI=1S/C28H28.C6H14O2/c1-2-3-4-5-6-7-11-20-13-10-15-23-25-17-16-24-22-14-9-8-12-21(22)18-27(24)28(25)19-26(20)23;1-5(2,7)6(3,4)8/h8-10,12-19H,2-7,11H2,1H3;7-8H,1-4H3. The summed E-state index contributed by atoms with van der Waals surface area (Å²) in [6, 6.07) is 20.3. The molecule has 0 spiro atoms. The Labute approximate surface area is 217 Å². The van der Waals surface area contributed by atoms with Crippen molar-refractivity contribution < 1.29 is 10.2 Å². The maximum absolute atomic E-state index is 9.10. The fourth-order valence-corrected chi connectivity index (χ4v) is 4.92. The number of hydrogen-bond acceptors (Lipinski definition) is 2. The van der Waals surface area contributed by atoms with Gasteiger partial charge >= 0.3 is 0 Å². The maximum atomic E-state index is 9.10. The smallest absolute Gasteiger partial charge is 0.0872 e. The summed E-state index contributed by atoms with van der Waals surface area (Å²) in [4.78, 5) is 0. The number of rotatable bonds is 8. The molecule has 2 aliphatic rings. The summed E-state index contributed by atoms with van der Waals surface area (Å²) in [7, 11) is 0. The van der Waals surface area contributed by atoms with Crippen molar-refractivity contribution in [3.8, 4) is 22.3 Å². The number of fused-ring (bicyclic) bond motifs is 7. The summed E-state index contributed by atoms with van der Waals surface area (Å²) in [6.07, 6.45) is 14.2. The summed E-state index contributed by atoms with van der Waals surface area (Å²) in [5, 5.41) is 21.0. The molecular weight excluding hydrogens is 440 g/mol. The average molecular weight is 483 g/mol. The molecule has 3 aromatic rings. The third-order valence-corrected chi connectivity index (χ3v) is 7.91. The molecule has 0 saturated carbocycles. The molecule has 0 atom stereocenters. The second kappa shape index (κ2) is 10.7. The van der Waals surface area contributed by atoms with Crippen molar-refractivity contribution >= 4 is 12.2 Å². The highest BCUT2D eigenvalue weighted by molar-refractivity contribution is 5.90. The van der Waals surface area contributed by atoms with Gasteiger partial charge in [-0.25, -0.2) is 0 Å². The zero-order valence-electron chi connectivity index (χ0n) is 22.7. The number of aliphatic hydroxyl groups is 2. The Morgan fingerprint density at radius 2 is 1.17 bits per heavy atom. The van der Waals surface area contributed by atoms with Gasteiger partial charge in [0.15, 0.2) is 0 Å². The van der Waals surface area contributed by atoms with E-state index in [1.807, 2.05) is 0 Å². The molecular formula is C34H42O2. The van der Waals surface area contributed by atoms with Crippen molar-refractivity contribution in [2.24, 2.45) is 0 Å². The van der Waals surface area contributed by atoms with Crippen molar-refractivity contribution in [2.45, 2.75) is 90.8 Å². The van der Waals surface area contributed by atoms with Crippen LogP contribution in [0.1, 0.15) is 89.8 Å². The molecule has 0 heterocycles. The van der Waals surface area contributed by atoms with Gasteiger partial charge < -0.3 is 10.2 Å². The Hall–Kier alpha value is -2.68. The molecule has 5 rings (SSSR count). The summed E-state index contributed by atoms with van der Waals surface area (Å²) < 4.78 is 0. The molecule has 3 aromatic carbocycles. The Bertz CT molecular complexity index is 1320. The minimum absolute atomic E-state index is 1.01. The van der Waals surface area contributed by atoms with Crippen LogP contribution in [0.2, 0.25) is 0 Å². The van der Waals surface area contributed by atoms with Crippen LogP contribution >= 0.6 is 0 Å². The van der Waals surface area contributed by atoms with Gasteiger partial charge in [-0.2, -0.15) is 0 Å². The monoisotopic (exact) mass is 482 g/mol. The van der Waals surface area contributed by atoms with Crippen LogP contribution in [0, 0.1) is 0 Å². The molecule has 0 aromatic heterocycles. The van der Waals surface area contributed by atoms with E-state index < -0.39 is 11.2 Å². The lowest BCUT2D eigenvalue weighted by Crippen LogP contribution is -2.44. The molecule has 0 saturated heterocycles. The quantitative estimate of drug-likeness (QED) is 0.241. The minimum atomic E-state index is -1.01. The van der Waals surface area contributed by atoms with Crippen molar-refractivity contribution in [3.63, 3.8) is 0 Å². The Morgan fingerprint density at radius 1 is 0.583 bits per heavy atom. The van der Waals surface area contributed by atoms with E-state index >= 15 is 0 Å². The molecule has 2 aliphatic carbocycles. The minimum Gasteiger partial charge on any atom is -0.387 e. The molecule has 2 N–H and O–H groups in total. The van der Waals surface area contributed by atoms with E-state index in [1.54, 1.807) is 27.7 Å². The number of aryl methyl sites for hydroxylation is 1. The highest BCUT2D eigenvalue weighted by Crippen LogP contribution is 2.32. The molecule has 0 unspecified atom stereocenters. The van der Waals surface area contributed by atoms with E-state index in [-0.39, 0.29) is 0 Å². The summed E-state index contributed by atoms with van der Waals surface area (Å²) in [5.74, 6) is 0. The predicted molar refractivity (Wildman–Crippen MR) is 153 cm³/mol. The molecule has 2 nitrogen and oxygen atoms in total. The molecule has 2 heteroatoms. The summed E-state index contributed by atoms with van der Waals surface area (Å²) in [6.45, 7) is 8.59. The topological polar surface area (TPSA) is 40.5 Å². The van der Waals surface area contributed by atoms with Gasteiger partial charge in [0.25, 0.3) is 0 Å². The lowest BCUT2D eigenvalue weighted by atomic mass is 9.90. The van der Waals surface area contributed by atoms with E-state index in [4.69, 9.17) is 10.2 Å². The van der Waals surface area contributed by atoms with Crippen LogP contribution in [-0.4, -0.2) is 21.4 Å². The van der Waals surface area contributed by atoms with Gasteiger partial charge in [-0.1, -0.05) is 93.6 Å². The van der Waals surface area contributed by atoms with Crippen LogP contribution < -0.4 is 10.4 Å². The van der Waals surface area contributed by atoms with Gasteiger partial charge in [0.1, 0.15) is 0 Å². The Morgan fingerprint density at radius 3 is 1.86 bits per heavy atom. The van der Waals surface area contributed by atoms with Gasteiger partial charge in [-0.3, -0.25) is 0 Å². The molecule has 0 amide bonds. The highest BCUT2D eigenvalue weighted by atomic mass is 16.3. The number of benzene rings is 3. The summed E-state index contributed by atoms with van der Waals surface area (Å²) >= 11 is 0. The molecule has 190 valence electrons. The lowest BCUT2D eigenvalue weighted by Gasteiger charge is -2.31. The van der Waals surface area contributed by atoms with Crippen LogP contribution in [0.25, 0.3) is 34.4 Å². The molecule has 0 fully saturated rings. The van der Waals surface area contributed by atoms with E-state index in [1.165, 1.54) is 94.3 Å². The number of unbranched alkanes of at least 4 members (excludes halogenated alkanes) is 5. The highest BCUT2D eigenvalue weighted by Gasteiger charge is 2.32. The SMILES string of the molecule is CC(C)(O)C(C)(C)O.CCCCCCCCc1cccc2c1C=c1c-2ccc2c1=Cc1ccccc1-2. The van der Waals surface area contributed by atoms with Crippen LogP contribution in [0.3, 0.4) is 0 Å². The third kappa shape index (κ3) is 5.51. The largest absolute Gasteiger partial charge is 0.387 e. The first-order valence-electron chi connectivity index (χ1n) is 13.6. The predicted octanol–water partition coefficient (Wildman–Crippen LogP) is 6.74. The van der Waals surface area contributed by atoms with E-state index in [0.29, 0.717) is 0 Å². The third-order valence-electron chi connectivity index (χ3n) is 7.91. The fraction of sp³-hybridized carbons (Fsp3) is 0.412. The van der Waals surface area contributed by atoms with Crippen LogP contribution in [0.4, 0.5) is 0 Å². The maximum Gasteiger partial charge on any atom is 0.0872 e. The normalized spacial score (nSPS) is 13.0. The van der Waals surface area contributed by atoms with Gasteiger partial charge in [-0.15, -0.1) is 0 Å². The van der Waals surface area contributed by atoms with E-state index in [9.17, 15) is 0 Å². The van der Waals surface area contributed by atoms with Crippen molar-refractivity contribution in [1.82, 2.24) is 0 Å². The first kappa shape index (κ1) is 26.4. The van der Waals surface area contributed by atoms with Gasteiger partial charge in [-0.05, 0) is 102 Å². The van der Waals surface area contributed by atoms with Crippen LogP contribution in [0.15, 0.2) is 54.6 Å². The Balaban J connectivity index is 0.000000331. The second-order valence-corrected chi connectivity index (χ2v) is 11.4. The second-order valence-electron chi connectivity index (χ2n) is 11.4. The van der Waals surface area contributed by atoms with E-state index in [0.717, 1.165) is 0 Å². The van der Waals surface area contributed by atoms with Gasteiger partial charge in [0, 0.05) is 0 Å². The fourth-order valence-electron chi connectivity index (χ4n) is 4.92. The first-order valence-corrected chi connectivity index (χ1v) is 13.6. The molecule has 0 aliphatic heterocycles. The van der Waals surface area contributed by atoms with Crippen molar-refractivity contribution in [2.75, 3.05) is 0 Å². The number of hydrogen-bond donors (Lipinski definition) is 2. The zero-order chi connectivity index (χ0) is 25.9. The van der Waals surface area contributed by atoms with Crippen LogP contribution in [0.5, 0.6) is 0 Å². The summed E-state index contributed by atoms with van der Waals surface area (Å²) in [5.41, 5.74) is 7.90. The molecule has 0 bridgehead atoms. The van der Waals surface area contributed by atoms with Gasteiger partial charge in [0.2, 0.25) is 0 Å². The molecule has 0 radical (unpaired) electrons. The van der Waals surface area contributed by atoms with Crippen LogP contribution in [-0.2, 0) is 6.42 Å². The molecule has 36 heavy (non-hydrogen) atoms. The lowest BCUT2D eigenvalue weighted by molar-refractivity contribution is -0.107. The van der Waals surface area contributed by atoms with E-state index in [2.05, 4.69) is 73.7 Å². The zero-order valence-corrected chi connectivity index (χ0v) is 22.7. The first-order chi connectivity index (χ1) is 17.1.